The molecule has 1 aromatic rings. The average Bonchev–Trinajstić information content (AvgIpc) is 2.32. The molecule has 98 valence electrons. The summed E-state index contributed by atoms with van der Waals surface area (Å²) in [5, 5.41) is 0. The van der Waals surface area contributed by atoms with E-state index < -0.39 is 0 Å². The summed E-state index contributed by atoms with van der Waals surface area (Å²) in [4.78, 5) is 15.3. The van der Waals surface area contributed by atoms with Crippen molar-refractivity contribution < 1.29 is 9.18 Å². The molecule has 0 atom stereocenters. The van der Waals surface area contributed by atoms with Crippen LogP contribution in [0.25, 0.3) is 0 Å². The maximum Gasteiger partial charge on any atom is 0.152 e. The number of nitrogens with zero attached hydrogens (tertiary/aromatic N) is 2. The molecule has 1 heterocycles. The van der Waals surface area contributed by atoms with Gasteiger partial charge in [-0.25, -0.2) is 4.39 Å². The molecule has 0 aromatic heterocycles. The Hall–Kier alpha value is -1.42. The van der Waals surface area contributed by atoms with E-state index in [-0.39, 0.29) is 11.4 Å². The fourth-order valence-corrected chi connectivity index (χ4v) is 2.39. The molecule has 0 saturated carbocycles. The molecule has 18 heavy (non-hydrogen) atoms. The first-order valence-electron chi connectivity index (χ1n) is 6.15. The van der Waals surface area contributed by atoms with Gasteiger partial charge in [-0.3, -0.25) is 9.69 Å². The van der Waals surface area contributed by atoms with Crippen LogP contribution >= 0.6 is 0 Å². The Morgan fingerprint density at radius 3 is 2.67 bits per heavy atom. The quantitative estimate of drug-likeness (QED) is 0.752. The normalized spacial score (nSPS) is 19.9. The zero-order chi connectivity index (χ0) is 13.3. The lowest BCUT2D eigenvalue weighted by Gasteiger charge is -2.46. The molecule has 0 spiro atoms. The number of carbonyl (C=O) groups excluding carboxylic acids is 1. The molecule has 0 aliphatic carbocycles. The minimum Gasteiger partial charge on any atom is -0.365 e. The first-order chi connectivity index (χ1) is 8.45. The Labute approximate surface area is 107 Å². The van der Waals surface area contributed by atoms with Gasteiger partial charge >= 0.3 is 0 Å². The molecule has 1 saturated heterocycles. The number of carbonyl (C=O) groups is 1. The van der Waals surface area contributed by atoms with Crippen LogP contribution in [0, 0.1) is 5.82 Å². The lowest BCUT2D eigenvalue weighted by molar-refractivity contribution is 0.112. The van der Waals surface area contributed by atoms with Crippen molar-refractivity contribution >= 4 is 12.0 Å². The number of likely N-dealkylation sites (N-methyl/N-ethyl adjacent to an activating group) is 1. The van der Waals surface area contributed by atoms with Crippen molar-refractivity contribution in [3.63, 3.8) is 0 Å². The van der Waals surface area contributed by atoms with Crippen LogP contribution < -0.4 is 4.90 Å². The number of anilines is 1. The van der Waals surface area contributed by atoms with E-state index in [1.165, 1.54) is 6.07 Å². The zero-order valence-electron chi connectivity index (χ0n) is 11.1. The molecule has 1 aliphatic rings. The topological polar surface area (TPSA) is 23.6 Å². The Kier molecular flexibility index (Phi) is 3.39. The second kappa shape index (κ2) is 4.69. The molecular weight excluding hydrogens is 231 g/mol. The van der Waals surface area contributed by atoms with Gasteiger partial charge in [-0.15, -0.1) is 0 Å². The van der Waals surface area contributed by atoms with Crippen molar-refractivity contribution in [1.82, 2.24) is 4.90 Å². The van der Waals surface area contributed by atoms with Gasteiger partial charge in [0, 0.05) is 30.7 Å². The lowest BCUT2D eigenvalue weighted by Crippen LogP contribution is -2.58. The molecule has 0 unspecified atom stereocenters. The molecule has 0 bridgehead atoms. The van der Waals surface area contributed by atoms with Gasteiger partial charge in [-0.05, 0) is 33.0 Å². The van der Waals surface area contributed by atoms with Crippen LogP contribution in [0.2, 0.25) is 0 Å². The predicted molar refractivity (Wildman–Crippen MR) is 70.7 cm³/mol. The first-order valence-corrected chi connectivity index (χ1v) is 6.15. The summed E-state index contributed by atoms with van der Waals surface area (Å²) >= 11 is 0. The van der Waals surface area contributed by atoms with E-state index in [0.29, 0.717) is 17.8 Å². The largest absolute Gasteiger partial charge is 0.365 e. The van der Waals surface area contributed by atoms with Crippen molar-refractivity contribution in [2.75, 3.05) is 31.6 Å². The summed E-state index contributed by atoms with van der Waals surface area (Å²) in [6, 6.07) is 4.65. The molecule has 4 heteroatoms. The number of halogens is 1. The predicted octanol–water partition coefficient (Wildman–Crippen LogP) is 2.17. The molecule has 3 nitrogen and oxygen atoms in total. The summed E-state index contributed by atoms with van der Waals surface area (Å²) in [6.07, 6.45) is 0.726. The summed E-state index contributed by atoms with van der Waals surface area (Å²) in [5.41, 5.74) is 0.838. The second-order valence-electron chi connectivity index (χ2n) is 5.45. The SMILES string of the molecule is CN1CCN(c2c(F)cccc2C=O)CC1(C)C. The van der Waals surface area contributed by atoms with Crippen molar-refractivity contribution in [3.05, 3.63) is 29.6 Å². The molecule has 0 radical (unpaired) electrons. The third-order valence-electron chi connectivity index (χ3n) is 3.78. The number of benzene rings is 1. The number of rotatable bonds is 2. The monoisotopic (exact) mass is 250 g/mol. The fourth-order valence-electron chi connectivity index (χ4n) is 2.39. The number of hydrogen-bond acceptors (Lipinski definition) is 3. The van der Waals surface area contributed by atoms with Gasteiger partial charge in [0.05, 0.1) is 5.69 Å². The zero-order valence-corrected chi connectivity index (χ0v) is 11.1. The van der Waals surface area contributed by atoms with E-state index in [1.807, 2.05) is 4.90 Å². The van der Waals surface area contributed by atoms with Gasteiger partial charge in [-0.2, -0.15) is 0 Å². The molecule has 1 aromatic carbocycles. The van der Waals surface area contributed by atoms with Crippen molar-refractivity contribution in [1.29, 1.82) is 0 Å². The maximum absolute atomic E-state index is 14.0. The third kappa shape index (κ3) is 2.25. The Morgan fingerprint density at radius 1 is 1.33 bits per heavy atom. The highest BCUT2D eigenvalue weighted by atomic mass is 19.1. The minimum atomic E-state index is -0.319. The highest BCUT2D eigenvalue weighted by molar-refractivity contribution is 5.85. The summed E-state index contributed by atoms with van der Waals surface area (Å²) < 4.78 is 14.0. The molecule has 1 aliphatic heterocycles. The van der Waals surface area contributed by atoms with Crippen LogP contribution in [0.4, 0.5) is 10.1 Å². The minimum absolute atomic E-state index is 0.0271. The summed E-state index contributed by atoms with van der Waals surface area (Å²) in [6.45, 7) is 6.56. The smallest absolute Gasteiger partial charge is 0.152 e. The van der Waals surface area contributed by atoms with Gasteiger partial charge in [0.1, 0.15) is 5.82 Å². The molecule has 0 N–H and O–H groups in total. The number of hydrogen-bond donors (Lipinski definition) is 0. The van der Waals surface area contributed by atoms with E-state index in [4.69, 9.17) is 0 Å². The summed E-state index contributed by atoms with van der Waals surface area (Å²) in [5.74, 6) is -0.319. The molecule has 1 fully saturated rings. The molecule has 2 rings (SSSR count). The Balaban J connectivity index is 2.35. The van der Waals surface area contributed by atoms with E-state index in [1.54, 1.807) is 12.1 Å². The van der Waals surface area contributed by atoms with Gasteiger partial charge in [0.15, 0.2) is 6.29 Å². The van der Waals surface area contributed by atoms with Gasteiger partial charge in [0.2, 0.25) is 0 Å². The van der Waals surface area contributed by atoms with Crippen molar-refractivity contribution in [2.24, 2.45) is 0 Å². The van der Waals surface area contributed by atoms with Crippen LogP contribution in [0.1, 0.15) is 24.2 Å². The number of para-hydroxylation sites is 1. The molecule has 0 amide bonds. The van der Waals surface area contributed by atoms with Crippen LogP contribution in [-0.2, 0) is 0 Å². The standard InChI is InChI=1S/C14H19FN2O/c1-14(2)10-17(8-7-16(14)3)13-11(9-18)5-4-6-12(13)15/h4-6,9H,7-8,10H2,1-3H3. The highest BCUT2D eigenvalue weighted by Gasteiger charge is 2.32. The summed E-state index contributed by atoms with van der Waals surface area (Å²) in [7, 11) is 2.07. The van der Waals surface area contributed by atoms with Crippen LogP contribution in [0.15, 0.2) is 18.2 Å². The molecular formula is C14H19FN2O. The first kappa shape index (κ1) is 13.0. The lowest BCUT2D eigenvalue weighted by atomic mass is 9.98. The van der Waals surface area contributed by atoms with Crippen LogP contribution in [-0.4, -0.2) is 43.4 Å². The number of aldehydes is 1. The van der Waals surface area contributed by atoms with Crippen molar-refractivity contribution in [3.8, 4) is 0 Å². The van der Waals surface area contributed by atoms with Crippen LogP contribution in [0.5, 0.6) is 0 Å². The highest BCUT2D eigenvalue weighted by Crippen LogP contribution is 2.28. The van der Waals surface area contributed by atoms with Gasteiger partial charge < -0.3 is 4.90 Å². The Morgan fingerprint density at radius 2 is 2.06 bits per heavy atom. The van der Waals surface area contributed by atoms with E-state index in [0.717, 1.165) is 19.4 Å². The average molecular weight is 250 g/mol. The van der Waals surface area contributed by atoms with Gasteiger partial charge in [0.25, 0.3) is 0 Å². The fraction of sp³-hybridized carbons (Fsp3) is 0.500. The van der Waals surface area contributed by atoms with Crippen LogP contribution in [0.3, 0.4) is 0 Å². The van der Waals surface area contributed by atoms with Crippen molar-refractivity contribution in [2.45, 2.75) is 19.4 Å². The number of piperazine rings is 1. The van der Waals surface area contributed by atoms with E-state index in [9.17, 15) is 9.18 Å². The van der Waals surface area contributed by atoms with E-state index in [2.05, 4.69) is 25.8 Å². The third-order valence-corrected chi connectivity index (χ3v) is 3.78. The van der Waals surface area contributed by atoms with E-state index >= 15 is 0 Å². The second-order valence-corrected chi connectivity index (χ2v) is 5.45. The van der Waals surface area contributed by atoms with Gasteiger partial charge in [-0.1, -0.05) is 6.07 Å². The Bertz CT molecular complexity index is 459. The maximum atomic E-state index is 14.0.